The smallest absolute Gasteiger partial charge is 0.321 e. The Bertz CT molecular complexity index is 882. The van der Waals surface area contributed by atoms with Crippen LogP contribution in [-0.2, 0) is 22.4 Å². The quantitative estimate of drug-likeness (QED) is 0.805. The Hall–Kier alpha value is -3.35. The fourth-order valence-electron chi connectivity index (χ4n) is 3.17. The number of aliphatic carboxylic acids is 1. The molecule has 1 aliphatic rings. The number of fused-ring (bicyclic) bond motifs is 1. The normalized spacial score (nSPS) is 12.4. The Labute approximate surface area is 163 Å². The lowest BCUT2D eigenvalue weighted by atomic mass is 10.1. The molecule has 0 saturated heterocycles. The fourth-order valence-corrected chi connectivity index (χ4v) is 3.17. The summed E-state index contributed by atoms with van der Waals surface area (Å²) in [5.74, 6) is -0.934. The van der Waals surface area contributed by atoms with Gasteiger partial charge in [-0.3, -0.25) is 9.59 Å². The van der Waals surface area contributed by atoms with Crippen molar-refractivity contribution in [2.24, 2.45) is 0 Å². The number of hydrogen-bond donors (Lipinski definition) is 2. The van der Waals surface area contributed by atoms with E-state index < -0.39 is 5.97 Å². The van der Waals surface area contributed by atoms with E-state index in [0.29, 0.717) is 18.7 Å². The third-order valence-corrected chi connectivity index (χ3v) is 4.74. The highest BCUT2D eigenvalue weighted by Crippen LogP contribution is 2.31. The van der Waals surface area contributed by atoms with Crippen molar-refractivity contribution in [3.05, 3.63) is 59.7 Å². The summed E-state index contributed by atoms with van der Waals surface area (Å²) in [6.07, 6.45) is 0.993. The van der Waals surface area contributed by atoms with Crippen molar-refractivity contribution >= 4 is 29.3 Å². The highest BCUT2D eigenvalue weighted by Gasteiger charge is 2.25. The van der Waals surface area contributed by atoms with E-state index in [1.165, 1.54) is 4.90 Å². The summed E-state index contributed by atoms with van der Waals surface area (Å²) in [4.78, 5) is 38.7. The molecule has 2 aromatic rings. The molecule has 0 spiro atoms. The number of amides is 3. The molecule has 146 valence electrons. The van der Waals surface area contributed by atoms with Crippen molar-refractivity contribution in [1.29, 1.82) is 0 Å². The maximum atomic E-state index is 12.7. The first kappa shape index (κ1) is 19.4. The third-order valence-electron chi connectivity index (χ3n) is 4.74. The molecule has 2 N–H and O–H groups in total. The van der Waals surface area contributed by atoms with Crippen LogP contribution in [0.15, 0.2) is 48.5 Å². The van der Waals surface area contributed by atoms with E-state index >= 15 is 0 Å². The standard InChI is InChI=1S/C21H23N3O4/c1-23(11-10-20(26)27)21(28)22-17-8-7-16-9-12-24(18(16)14-17)19(25)13-15-5-3-2-4-6-15/h2-8,14H,9-13H2,1H3,(H,22,28)(H,26,27). The number of urea groups is 1. The number of carboxylic acid groups (broad SMARTS) is 1. The molecular weight excluding hydrogens is 358 g/mol. The number of nitrogens with zero attached hydrogens (tertiary/aromatic N) is 2. The van der Waals surface area contributed by atoms with Gasteiger partial charge >= 0.3 is 12.0 Å². The Kier molecular flexibility index (Phi) is 5.93. The maximum Gasteiger partial charge on any atom is 0.321 e. The molecule has 1 heterocycles. The molecule has 3 rings (SSSR count). The van der Waals surface area contributed by atoms with E-state index in [9.17, 15) is 14.4 Å². The zero-order valence-corrected chi connectivity index (χ0v) is 15.7. The number of hydrogen-bond acceptors (Lipinski definition) is 3. The molecule has 1 aliphatic heterocycles. The highest BCUT2D eigenvalue weighted by atomic mass is 16.4. The summed E-state index contributed by atoms with van der Waals surface area (Å²) < 4.78 is 0. The summed E-state index contributed by atoms with van der Waals surface area (Å²) in [5.41, 5.74) is 3.42. The van der Waals surface area contributed by atoms with E-state index in [1.807, 2.05) is 36.4 Å². The summed E-state index contributed by atoms with van der Waals surface area (Å²) in [6, 6.07) is 14.7. The lowest BCUT2D eigenvalue weighted by Crippen LogP contribution is -2.33. The maximum absolute atomic E-state index is 12.7. The van der Waals surface area contributed by atoms with Gasteiger partial charge in [0.2, 0.25) is 5.91 Å². The van der Waals surface area contributed by atoms with Gasteiger partial charge in [-0.15, -0.1) is 0 Å². The van der Waals surface area contributed by atoms with Crippen molar-refractivity contribution < 1.29 is 19.5 Å². The predicted molar refractivity (Wildman–Crippen MR) is 107 cm³/mol. The van der Waals surface area contributed by atoms with Crippen LogP contribution in [0.5, 0.6) is 0 Å². The average molecular weight is 381 g/mol. The predicted octanol–water partition coefficient (Wildman–Crippen LogP) is 2.76. The SMILES string of the molecule is CN(CCC(=O)O)C(=O)Nc1ccc2c(c1)N(C(=O)Cc1ccccc1)CC2. The molecule has 0 unspecified atom stereocenters. The first-order valence-electron chi connectivity index (χ1n) is 9.15. The van der Waals surface area contributed by atoms with Gasteiger partial charge in [-0.2, -0.15) is 0 Å². The molecule has 0 atom stereocenters. The van der Waals surface area contributed by atoms with Gasteiger partial charge in [-0.25, -0.2) is 4.79 Å². The zero-order valence-electron chi connectivity index (χ0n) is 15.7. The molecule has 7 nitrogen and oxygen atoms in total. The number of nitrogens with one attached hydrogen (secondary N) is 1. The van der Waals surface area contributed by atoms with E-state index in [1.54, 1.807) is 24.1 Å². The van der Waals surface area contributed by atoms with Crippen LogP contribution in [0.4, 0.5) is 16.2 Å². The number of rotatable bonds is 6. The molecule has 28 heavy (non-hydrogen) atoms. The van der Waals surface area contributed by atoms with Crippen LogP contribution < -0.4 is 10.2 Å². The van der Waals surface area contributed by atoms with Gasteiger partial charge in [0.1, 0.15) is 0 Å². The monoisotopic (exact) mass is 381 g/mol. The van der Waals surface area contributed by atoms with Crippen LogP contribution in [-0.4, -0.2) is 48.1 Å². The minimum atomic E-state index is -0.954. The minimum Gasteiger partial charge on any atom is -0.481 e. The van der Waals surface area contributed by atoms with Gasteiger partial charge in [0, 0.05) is 31.5 Å². The number of anilines is 2. The van der Waals surface area contributed by atoms with Crippen molar-refractivity contribution in [1.82, 2.24) is 4.90 Å². The van der Waals surface area contributed by atoms with Crippen LogP contribution in [0.25, 0.3) is 0 Å². The van der Waals surface area contributed by atoms with Gasteiger partial charge in [-0.1, -0.05) is 36.4 Å². The summed E-state index contributed by atoms with van der Waals surface area (Å²) in [7, 11) is 1.54. The molecule has 3 amide bonds. The second-order valence-corrected chi connectivity index (χ2v) is 6.80. The van der Waals surface area contributed by atoms with Gasteiger partial charge in [0.25, 0.3) is 0 Å². The summed E-state index contributed by atoms with van der Waals surface area (Å²) in [6.45, 7) is 0.741. The van der Waals surface area contributed by atoms with E-state index in [0.717, 1.165) is 23.2 Å². The van der Waals surface area contributed by atoms with E-state index in [-0.39, 0.29) is 24.9 Å². The minimum absolute atomic E-state index is 0.0204. The molecule has 0 saturated carbocycles. The average Bonchev–Trinajstić information content (AvgIpc) is 3.10. The molecular formula is C21H23N3O4. The van der Waals surface area contributed by atoms with Crippen LogP contribution in [0.1, 0.15) is 17.5 Å². The molecule has 0 aliphatic carbocycles. The molecule has 0 bridgehead atoms. The Morgan fingerprint density at radius 3 is 2.61 bits per heavy atom. The van der Waals surface area contributed by atoms with Crippen molar-refractivity contribution in [3.8, 4) is 0 Å². The zero-order chi connectivity index (χ0) is 20.1. The number of benzene rings is 2. The molecule has 2 aromatic carbocycles. The van der Waals surface area contributed by atoms with Crippen molar-refractivity contribution in [2.75, 3.05) is 30.4 Å². The molecule has 7 heteroatoms. The first-order valence-corrected chi connectivity index (χ1v) is 9.15. The van der Waals surface area contributed by atoms with E-state index in [4.69, 9.17) is 5.11 Å². The van der Waals surface area contributed by atoms with Gasteiger partial charge in [0.05, 0.1) is 12.8 Å². The Morgan fingerprint density at radius 2 is 1.89 bits per heavy atom. The molecule has 0 fully saturated rings. The number of carboxylic acids is 1. The topological polar surface area (TPSA) is 89.9 Å². The highest BCUT2D eigenvalue weighted by molar-refractivity contribution is 5.98. The second-order valence-electron chi connectivity index (χ2n) is 6.80. The number of carbonyl (C=O) groups is 3. The third kappa shape index (κ3) is 4.68. The summed E-state index contributed by atoms with van der Waals surface area (Å²) in [5, 5.41) is 11.5. The Balaban J connectivity index is 1.68. The number of carbonyl (C=O) groups excluding carboxylic acids is 2. The Morgan fingerprint density at radius 1 is 1.14 bits per heavy atom. The van der Waals surface area contributed by atoms with Crippen molar-refractivity contribution in [2.45, 2.75) is 19.3 Å². The lowest BCUT2D eigenvalue weighted by Gasteiger charge is -2.20. The van der Waals surface area contributed by atoms with E-state index in [2.05, 4.69) is 5.32 Å². The van der Waals surface area contributed by atoms with Gasteiger partial charge < -0.3 is 20.2 Å². The van der Waals surface area contributed by atoms with Crippen LogP contribution in [0.2, 0.25) is 0 Å². The fraction of sp³-hybridized carbons (Fsp3) is 0.286. The first-order chi connectivity index (χ1) is 13.4. The van der Waals surface area contributed by atoms with Crippen LogP contribution >= 0.6 is 0 Å². The van der Waals surface area contributed by atoms with Crippen LogP contribution in [0, 0.1) is 0 Å². The molecule has 0 radical (unpaired) electrons. The van der Waals surface area contributed by atoms with Gasteiger partial charge in [-0.05, 0) is 29.7 Å². The van der Waals surface area contributed by atoms with Crippen molar-refractivity contribution in [3.63, 3.8) is 0 Å². The van der Waals surface area contributed by atoms with Gasteiger partial charge in [0.15, 0.2) is 0 Å². The van der Waals surface area contributed by atoms with Crippen LogP contribution in [0.3, 0.4) is 0 Å². The molecule has 0 aromatic heterocycles. The lowest BCUT2D eigenvalue weighted by molar-refractivity contribution is -0.137. The second kappa shape index (κ2) is 8.56. The summed E-state index contributed by atoms with van der Waals surface area (Å²) >= 11 is 0. The largest absolute Gasteiger partial charge is 0.481 e.